The summed E-state index contributed by atoms with van der Waals surface area (Å²) in [7, 11) is 0. The predicted molar refractivity (Wildman–Crippen MR) is 46.6 cm³/mol. The Kier molecular flexibility index (Phi) is 66.4. The van der Waals surface area contributed by atoms with Crippen LogP contribution in [0.1, 0.15) is 0 Å². The molecule has 0 spiro atoms. The molecule has 0 aromatic rings. The number of aliphatic hydroxyl groups is 3. The molecule has 0 rings (SSSR count). The van der Waals surface area contributed by atoms with E-state index in [1.165, 1.54) is 0 Å². The Morgan fingerprint density at radius 3 is 1.20 bits per heavy atom. The molecule has 0 aliphatic heterocycles. The molecular weight excluding hydrogens is 186 g/mol. The standard InChI is InChI=1S/C3H8O3.Ca.2Na.H2O.4H/c4-1-3(6)2-5;;;;;;;;/h3-6H,1-2H2;;;;1H2;;;;. The van der Waals surface area contributed by atoms with E-state index in [0.29, 0.717) is 0 Å². The Morgan fingerprint density at radius 1 is 1.00 bits per heavy atom. The SMILES string of the molecule is O.OCC(O)CO.[CaH2].[NaH].[NaH]. The van der Waals surface area contributed by atoms with Gasteiger partial charge in [0.1, 0.15) is 6.10 Å². The van der Waals surface area contributed by atoms with Crippen molar-refractivity contribution in [3.05, 3.63) is 0 Å². The van der Waals surface area contributed by atoms with Crippen LogP contribution < -0.4 is 0 Å². The van der Waals surface area contributed by atoms with E-state index < -0.39 is 6.10 Å². The molecule has 0 radical (unpaired) electrons. The van der Waals surface area contributed by atoms with E-state index >= 15 is 0 Å². The van der Waals surface area contributed by atoms with Crippen LogP contribution >= 0.6 is 0 Å². The molecule has 54 valence electrons. The van der Waals surface area contributed by atoms with Crippen molar-refractivity contribution in [3.63, 3.8) is 0 Å². The maximum absolute atomic E-state index is 8.17. The third kappa shape index (κ3) is 22.5. The molecule has 0 bridgehead atoms. The van der Waals surface area contributed by atoms with Gasteiger partial charge in [0.05, 0.1) is 13.2 Å². The number of rotatable bonds is 2. The molecule has 0 saturated heterocycles. The molecule has 7 heteroatoms. The van der Waals surface area contributed by atoms with Crippen molar-refractivity contribution < 1.29 is 20.8 Å². The normalized spacial score (nSPS) is 6.00. The minimum absolute atomic E-state index is 0. The quantitative estimate of drug-likeness (QED) is 0.391. The Balaban J connectivity index is -0.0000000208. The fraction of sp³-hybridized carbons (Fsp3) is 1.00. The first-order valence-corrected chi connectivity index (χ1v) is 1.71. The van der Waals surface area contributed by atoms with Crippen molar-refractivity contribution in [2.75, 3.05) is 13.2 Å². The zero-order valence-electron chi connectivity index (χ0n) is 3.83. The van der Waals surface area contributed by atoms with Crippen molar-refractivity contribution in [3.8, 4) is 0 Å². The van der Waals surface area contributed by atoms with Crippen molar-refractivity contribution >= 4 is 96.9 Å². The average molecular weight is 200 g/mol. The van der Waals surface area contributed by atoms with Crippen LogP contribution in [-0.2, 0) is 0 Å². The molecule has 0 heterocycles. The number of hydrogen-bond acceptors (Lipinski definition) is 3. The monoisotopic (exact) mass is 200 g/mol. The first-order valence-electron chi connectivity index (χ1n) is 1.71. The topological polar surface area (TPSA) is 92.2 Å². The third-order valence-electron chi connectivity index (χ3n) is 0.421. The van der Waals surface area contributed by atoms with Crippen LogP contribution in [0.25, 0.3) is 0 Å². The van der Waals surface area contributed by atoms with Gasteiger partial charge in [0, 0.05) is 0 Å². The molecule has 0 unspecified atom stereocenters. The van der Waals surface area contributed by atoms with Gasteiger partial charge in [-0.3, -0.25) is 0 Å². The van der Waals surface area contributed by atoms with Gasteiger partial charge in [0.2, 0.25) is 0 Å². The van der Waals surface area contributed by atoms with E-state index in [0.717, 1.165) is 0 Å². The first kappa shape index (κ1) is 29.2. The predicted octanol–water partition coefficient (Wildman–Crippen LogP) is -4.71. The third-order valence-corrected chi connectivity index (χ3v) is 0.421. The maximum atomic E-state index is 8.17. The summed E-state index contributed by atoms with van der Waals surface area (Å²) in [5.74, 6) is 0. The van der Waals surface area contributed by atoms with Gasteiger partial charge in [-0.2, -0.15) is 0 Å². The Bertz CT molecular complexity index is 37.7. The molecule has 0 amide bonds. The van der Waals surface area contributed by atoms with E-state index in [1.807, 2.05) is 0 Å². The molecule has 5 N–H and O–H groups in total. The number of hydrogen-bond donors (Lipinski definition) is 3. The van der Waals surface area contributed by atoms with E-state index in [4.69, 9.17) is 15.3 Å². The van der Waals surface area contributed by atoms with Gasteiger partial charge in [0.15, 0.2) is 0 Å². The molecule has 0 aromatic heterocycles. The molecule has 4 nitrogen and oxygen atoms in total. The summed E-state index contributed by atoms with van der Waals surface area (Å²) in [4.78, 5) is 0. The van der Waals surface area contributed by atoms with Crippen molar-refractivity contribution in [2.24, 2.45) is 0 Å². The molecule has 0 saturated carbocycles. The average Bonchev–Trinajstić information content (AvgIpc) is 1.65. The van der Waals surface area contributed by atoms with Crippen LogP contribution in [-0.4, -0.2) is 137 Å². The second kappa shape index (κ2) is 22.7. The Labute approximate surface area is 134 Å². The summed E-state index contributed by atoms with van der Waals surface area (Å²) in [6.45, 7) is -0.729. The summed E-state index contributed by atoms with van der Waals surface area (Å²) < 4.78 is 0. The van der Waals surface area contributed by atoms with E-state index in [9.17, 15) is 0 Å². The van der Waals surface area contributed by atoms with Crippen molar-refractivity contribution in [1.29, 1.82) is 0 Å². The van der Waals surface area contributed by atoms with Gasteiger partial charge in [-0.15, -0.1) is 0 Å². The minimum atomic E-state index is -0.954. The van der Waals surface area contributed by atoms with Crippen LogP contribution in [0.2, 0.25) is 0 Å². The van der Waals surface area contributed by atoms with Gasteiger partial charge >= 0.3 is 96.9 Å². The zero-order valence-corrected chi connectivity index (χ0v) is 3.83. The van der Waals surface area contributed by atoms with Gasteiger partial charge in [-0.1, -0.05) is 0 Å². The van der Waals surface area contributed by atoms with Crippen LogP contribution in [0.3, 0.4) is 0 Å². The van der Waals surface area contributed by atoms with Crippen LogP contribution in [0.5, 0.6) is 0 Å². The van der Waals surface area contributed by atoms with E-state index in [2.05, 4.69) is 0 Å². The molecule has 10 heavy (non-hydrogen) atoms. The first-order chi connectivity index (χ1) is 2.81. The number of aliphatic hydroxyl groups excluding tert-OH is 3. The molecule has 0 atom stereocenters. The zero-order chi connectivity index (χ0) is 4.99. The summed E-state index contributed by atoms with van der Waals surface area (Å²) in [6.07, 6.45) is -0.954. The summed E-state index contributed by atoms with van der Waals surface area (Å²) in [5, 5.41) is 24.0. The Morgan fingerprint density at radius 2 is 1.20 bits per heavy atom. The molecular formula is C3H14CaNa2O4. The molecule has 0 aliphatic carbocycles. The van der Waals surface area contributed by atoms with Gasteiger partial charge < -0.3 is 20.8 Å². The van der Waals surface area contributed by atoms with E-state index in [1.54, 1.807) is 0 Å². The van der Waals surface area contributed by atoms with Crippen LogP contribution in [0.15, 0.2) is 0 Å². The molecule has 0 fully saturated rings. The van der Waals surface area contributed by atoms with E-state index in [-0.39, 0.29) is 116 Å². The molecule has 0 aromatic carbocycles. The summed E-state index contributed by atoms with van der Waals surface area (Å²) >= 11 is 0. The molecule has 0 aliphatic rings. The summed E-state index contributed by atoms with van der Waals surface area (Å²) in [6, 6.07) is 0. The fourth-order valence-corrected chi connectivity index (χ4v) is 0.0577. The fourth-order valence-electron chi connectivity index (χ4n) is 0.0577. The van der Waals surface area contributed by atoms with Gasteiger partial charge in [-0.05, 0) is 0 Å². The van der Waals surface area contributed by atoms with Crippen molar-refractivity contribution in [2.45, 2.75) is 6.10 Å². The second-order valence-electron chi connectivity index (χ2n) is 1.02. The second-order valence-corrected chi connectivity index (χ2v) is 1.02. The van der Waals surface area contributed by atoms with Crippen LogP contribution in [0.4, 0.5) is 0 Å². The van der Waals surface area contributed by atoms with Crippen LogP contribution in [0, 0.1) is 0 Å². The Hall–Kier alpha value is 3.10. The summed E-state index contributed by atoms with van der Waals surface area (Å²) in [5.41, 5.74) is 0. The van der Waals surface area contributed by atoms with Crippen molar-refractivity contribution in [1.82, 2.24) is 0 Å². The van der Waals surface area contributed by atoms with Gasteiger partial charge in [-0.25, -0.2) is 0 Å². The van der Waals surface area contributed by atoms with Gasteiger partial charge in [0.25, 0.3) is 0 Å².